The Morgan fingerprint density at radius 2 is 2.12 bits per heavy atom. The number of anilines is 1. The van der Waals surface area contributed by atoms with Crippen LogP contribution in [0.1, 0.15) is 30.3 Å². The molecule has 1 aromatic carbocycles. The van der Waals surface area contributed by atoms with E-state index in [1.165, 1.54) is 23.7 Å². The first-order valence-electron chi connectivity index (χ1n) is 7.76. The summed E-state index contributed by atoms with van der Waals surface area (Å²) in [5.74, 6) is -0.474. The molecule has 0 unspecified atom stereocenters. The van der Waals surface area contributed by atoms with Gasteiger partial charge in [-0.15, -0.1) is 10.2 Å². The maximum Gasteiger partial charge on any atom is 0.268 e. The van der Waals surface area contributed by atoms with E-state index in [0.29, 0.717) is 16.1 Å². The van der Waals surface area contributed by atoms with Crippen LogP contribution in [-0.2, 0) is 4.79 Å². The largest absolute Gasteiger partial charge is 0.463 e. The second-order valence-corrected chi connectivity index (χ2v) is 6.75. The number of carbonyl (C=O) groups excluding carboxylic acids is 1. The molecule has 0 aliphatic carbocycles. The van der Waals surface area contributed by atoms with Gasteiger partial charge in [-0.2, -0.15) is 5.26 Å². The van der Waals surface area contributed by atoms with Crippen LogP contribution < -0.4 is 10.7 Å². The van der Waals surface area contributed by atoms with Crippen molar-refractivity contribution < 1.29 is 9.21 Å². The average molecular weight is 366 g/mol. The summed E-state index contributed by atoms with van der Waals surface area (Å²) in [5, 5.41) is 21.1. The minimum absolute atomic E-state index is 0.121. The Morgan fingerprint density at radius 1 is 1.35 bits per heavy atom. The molecule has 0 saturated heterocycles. The van der Waals surface area contributed by atoms with Crippen molar-refractivity contribution in [2.75, 3.05) is 5.32 Å². The van der Waals surface area contributed by atoms with Gasteiger partial charge in [-0.05, 0) is 18.2 Å². The number of hydrogen-bond acceptors (Lipinski definition) is 7. The minimum Gasteiger partial charge on any atom is -0.463 e. The molecule has 0 saturated carbocycles. The zero-order chi connectivity index (χ0) is 18.7. The molecule has 8 heteroatoms. The quantitative estimate of drug-likeness (QED) is 0.560. The van der Waals surface area contributed by atoms with Crippen molar-refractivity contribution in [3.05, 3.63) is 56.9 Å². The molecule has 0 bridgehead atoms. The van der Waals surface area contributed by atoms with Crippen molar-refractivity contribution in [3.8, 4) is 6.07 Å². The van der Waals surface area contributed by atoms with Crippen LogP contribution in [0.2, 0.25) is 0 Å². The van der Waals surface area contributed by atoms with Gasteiger partial charge in [-0.25, -0.2) is 0 Å². The highest BCUT2D eigenvalue weighted by Crippen LogP contribution is 2.23. The van der Waals surface area contributed by atoms with Crippen molar-refractivity contribution in [2.24, 2.45) is 0 Å². The van der Waals surface area contributed by atoms with Gasteiger partial charge in [-0.3, -0.25) is 14.9 Å². The minimum atomic E-state index is -0.661. The highest BCUT2D eigenvalue weighted by atomic mass is 32.1. The van der Waals surface area contributed by atoms with Crippen molar-refractivity contribution in [3.63, 3.8) is 0 Å². The van der Waals surface area contributed by atoms with Crippen LogP contribution >= 0.6 is 11.3 Å². The molecule has 3 rings (SSSR count). The molecule has 0 aliphatic heterocycles. The standard InChI is InChI=1S/C18H14N4O3S/c1-10(2)17-21-22-18(26-17)20-16(24)11(8-19)7-12-9-25-14-6-4-3-5-13(14)15(12)23/h3-7,9-10H,1-2H3,(H,20,22,24)/b11-7-. The number of nitrogens with zero attached hydrogens (tertiary/aromatic N) is 3. The van der Waals surface area contributed by atoms with Crippen LogP contribution in [-0.4, -0.2) is 16.1 Å². The fourth-order valence-electron chi connectivity index (χ4n) is 2.18. The molecule has 26 heavy (non-hydrogen) atoms. The summed E-state index contributed by atoms with van der Waals surface area (Å²) in [6.07, 6.45) is 2.44. The fraction of sp³-hybridized carbons (Fsp3) is 0.167. The monoisotopic (exact) mass is 366 g/mol. The summed E-state index contributed by atoms with van der Waals surface area (Å²) >= 11 is 1.24. The van der Waals surface area contributed by atoms with E-state index in [2.05, 4.69) is 15.5 Å². The average Bonchev–Trinajstić information content (AvgIpc) is 3.10. The first-order chi connectivity index (χ1) is 12.5. The number of nitriles is 1. The van der Waals surface area contributed by atoms with E-state index in [9.17, 15) is 14.9 Å². The first kappa shape index (κ1) is 17.5. The number of benzene rings is 1. The van der Waals surface area contributed by atoms with Gasteiger partial charge in [0.25, 0.3) is 5.91 Å². The third-order valence-electron chi connectivity index (χ3n) is 3.53. The van der Waals surface area contributed by atoms with Crippen LogP contribution in [0.3, 0.4) is 0 Å². The van der Waals surface area contributed by atoms with Gasteiger partial charge in [0.15, 0.2) is 5.43 Å². The third kappa shape index (κ3) is 3.53. The van der Waals surface area contributed by atoms with E-state index in [0.717, 1.165) is 5.01 Å². The molecule has 0 atom stereocenters. The summed E-state index contributed by atoms with van der Waals surface area (Å²) in [6, 6.07) is 8.56. The Morgan fingerprint density at radius 3 is 2.81 bits per heavy atom. The maximum absolute atomic E-state index is 12.5. The van der Waals surface area contributed by atoms with Crippen molar-refractivity contribution in [1.29, 1.82) is 5.26 Å². The van der Waals surface area contributed by atoms with Crippen LogP contribution in [0.5, 0.6) is 0 Å². The van der Waals surface area contributed by atoms with Gasteiger partial charge in [0.2, 0.25) is 5.13 Å². The lowest BCUT2D eigenvalue weighted by Gasteiger charge is -2.01. The summed E-state index contributed by atoms with van der Waals surface area (Å²) < 4.78 is 5.39. The Bertz CT molecular complexity index is 1110. The zero-order valence-electron chi connectivity index (χ0n) is 14.0. The summed E-state index contributed by atoms with van der Waals surface area (Å²) in [5.41, 5.74) is 0.0162. The van der Waals surface area contributed by atoms with Crippen LogP contribution in [0, 0.1) is 11.3 Å². The normalized spacial score (nSPS) is 11.5. The van der Waals surface area contributed by atoms with Crippen LogP contribution in [0.15, 0.2) is 45.3 Å². The van der Waals surface area contributed by atoms with E-state index in [1.54, 1.807) is 30.3 Å². The number of para-hydroxylation sites is 1. The van der Waals surface area contributed by atoms with Crippen molar-refractivity contribution in [2.45, 2.75) is 19.8 Å². The molecule has 3 aromatic rings. The number of nitrogens with one attached hydrogen (secondary N) is 1. The van der Waals surface area contributed by atoms with Gasteiger partial charge in [0, 0.05) is 5.92 Å². The third-order valence-corrected chi connectivity index (χ3v) is 4.67. The van der Waals surface area contributed by atoms with Gasteiger partial charge >= 0.3 is 0 Å². The number of carbonyl (C=O) groups is 1. The second-order valence-electron chi connectivity index (χ2n) is 5.74. The van der Waals surface area contributed by atoms with Crippen molar-refractivity contribution >= 4 is 39.4 Å². The molecule has 0 aliphatic rings. The fourth-order valence-corrected chi connectivity index (χ4v) is 2.92. The molecular weight excluding hydrogens is 352 g/mol. The van der Waals surface area contributed by atoms with Crippen LogP contribution in [0.25, 0.3) is 17.0 Å². The molecular formula is C18H14N4O3S. The lowest BCUT2D eigenvalue weighted by Crippen LogP contribution is -2.14. The lowest BCUT2D eigenvalue weighted by atomic mass is 10.1. The van der Waals surface area contributed by atoms with Gasteiger partial charge in [0.1, 0.15) is 28.5 Å². The summed E-state index contributed by atoms with van der Waals surface area (Å²) in [7, 11) is 0. The van der Waals surface area contributed by atoms with E-state index < -0.39 is 5.91 Å². The molecule has 0 radical (unpaired) electrons. The SMILES string of the molecule is CC(C)c1nnc(NC(=O)/C(C#N)=C\c2coc3ccccc3c2=O)s1. The molecule has 1 N–H and O–H groups in total. The lowest BCUT2D eigenvalue weighted by molar-refractivity contribution is -0.112. The second kappa shape index (κ2) is 7.29. The molecule has 0 fully saturated rings. The molecule has 130 valence electrons. The van der Waals surface area contributed by atoms with Gasteiger partial charge < -0.3 is 4.42 Å². The summed E-state index contributed by atoms with van der Waals surface area (Å²) in [6.45, 7) is 3.93. The van der Waals surface area contributed by atoms with E-state index >= 15 is 0 Å². The molecule has 7 nitrogen and oxygen atoms in total. The van der Waals surface area contributed by atoms with E-state index in [1.807, 2.05) is 13.8 Å². The Balaban J connectivity index is 1.90. The highest BCUT2D eigenvalue weighted by Gasteiger charge is 2.15. The van der Waals surface area contributed by atoms with Crippen LogP contribution in [0.4, 0.5) is 5.13 Å². The number of amides is 1. The Labute approximate surface area is 152 Å². The highest BCUT2D eigenvalue weighted by molar-refractivity contribution is 7.15. The first-order valence-corrected chi connectivity index (χ1v) is 8.58. The molecule has 2 aromatic heterocycles. The van der Waals surface area contributed by atoms with E-state index in [4.69, 9.17) is 4.42 Å². The van der Waals surface area contributed by atoms with E-state index in [-0.39, 0.29) is 22.5 Å². The zero-order valence-corrected chi connectivity index (χ0v) is 14.8. The summed E-state index contributed by atoms with van der Waals surface area (Å²) in [4.78, 5) is 24.8. The number of aromatic nitrogens is 2. The van der Waals surface area contributed by atoms with Crippen molar-refractivity contribution in [1.82, 2.24) is 10.2 Å². The molecule has 2 heterocycles. The predicted molar refractivity (Wildman–Crippen MR) is 98.7 cm³/mol. The van der Waals surface area contributed by atoms with Gasteiger partial charge in [0.05, 0.1) is 10.9 Å². The molecule has 1 amide bonds. The topological polar surface area (TPSA) is 109 Å². The predicted octanol–water partition coefficient (Wildman–Crippen LogP) is 3.31. The smallest absolute Gasteiger partial charge is 0.268 e. The number of fused-ring (bicyclic) bond motifs is 1. The Kier molecular flexibility index (Phi) is 4.91. The number of hydrogen-bond donors (Lipinski definition) is 1. The Hall–Kier alpha value is -3.31. The number of rotatable bonds is 4. The maximum atomic E-state index is 12.5. The van der Waals surface area contributed by atoms with Gasteiger partial charge in [-0.1, -0.05) is 37.3 Å². The molecule has 0 spiro atoms.